The molecule has 1 aromatic rings. The van der Waals surface area contributed by atoms with Gasteiger partial charge in [-0.25, -0.2) is 4.79 Å². The zero-order valence-corrected chi connectivity index (χ0v) is 7.18. The molecule has 1 aliphatic heterocycles. The molecule has 1 heterocycles. The molecule has 2 rings (SSSR count). The van der Waals surface area contributed by atoms with Crippen LogP contribution in [0.1, 0.15) is 10.4 Å². The van der Waals surface area contributed by atoms with Gasteiger partial charge in [0.05, 0.1) is 12.0 Å². The maximum Gasteiger partial charge on any atom is 0.424 e. The minimum atomic E-state index is -0.784. The average molecular weight is 196 g/mol. The first-order chi connectivity index (χ1) is 6.65. The lowest BCUT2D eigenvalue weighted by Crippen LogP contribution is -1.97. The van der Waals surface area contributed by atoms with Crippen molar-refractivity contribution in [3.05, 3.63) is 22.6 Å². The molecule has 6 heteroatoms. The van der Waals surface area contributed by atoms with Crippen molar-refractivity contribution >= 4 is 11.7 Å². The first kappa shape index (κ1) is 8.49. The molecule has 0 amide bonds. The number of methoxy groups -OCH3 is 1. The highest BCUT2D eigenvalue weighted by atomic mass is 16.8. The Labute approximate surface area is 78.2 Å². The van der Waals surface area contributed by atoms with Crippen LogP contribution in [0.15, 0.2) is 12.1 Å². The Morgan fingerprint density at radius 3 is 2.86 bits per heavy atom. The van der Waals surface area contributed by atoms with Crippen LogP contribution in [0.3, 0.4) is 0 Å². The molecule has 0 unspecified atom stereocenters. The predicted molar refractivity (Wildman–Crippen MR) is 43.4 cm³/mol. The van der Waals surface area contributed by atoms with E-state index in [9.17, 15) is 14.8 Å². The highest BCUT2D eigenvalue weighted by Gasteiger charge is 2.43. The van der Waals surface area contributed by atoms with E-state index in [0.29, 0.717) is 0 Å². The molecule has 0 aliphatic carbocycles. The van der Waals surface area contributed by atoms with Gasteiger partial charge in [-0.1, -0.05) is 0 Å². The number of carbonyl (C=O) groups is 1. The number of phenols is 1. The molecule has 0 saturated carbocycles. The van der Waals surface area contributed by atoms with E-state index >= 15 is 0 Å². The smallest absolute Gasteiger partial charge is 0.424 e. The molecular formula is C8H6NO5+. The molecule has 1 aliphatic rings. The number of benzene rings is 1. The van der Waals surface area contributed by atoms with Gasteiger partial charge in [0.1, 0.15) is 0 Å². The monoisotopic (exact) mass is 196 g/mol. The van der Waals surface area contributed by atoms with Gasteiger partial charge < -0.3 is 9.84 Å². The summed E-state index contributed by atoms with van der Waals surface area (Å²) in [6.45, 7) is 0. The lowest BCUT2D eigenvalue weighted by atomic mass is 10.1. The first-order valence-electron chi connectivity index (χ1n) is 3.74. The molecule has 6 nitrogen and oxygen atoms in total. The minimum absolute atomic E-state index is 0.0262. The highest BCUT2D eigenvalue weighted by molar-refractivity contribution is 5.97. The number of ether oxygens (including phenoxy) is 1. The Morgan fingerprint density at radius 1 is 1.50 bits per heavy atom. The molecule has 14 heavy (non-hydrogen) atoms. The zero-order chi connectivity index (χ0) is 10.3. The van der Waals surface area contributed by atoms with Crippen molar-refractivity contribution in [2.75, 3.05) is 7.11 Å². The van der Waals surface area contributed by atoms with Gasteiger partial charge in [0.2, 0.25) is 5.75 Å². The third-order valence-corrected chi connectivity index (χ3v) is 1.90. The Balaban J connectivity index is 2.70. The number of carbonyl (C=O) groups excluding carboxylic acids is 1. The van der Waals surface area contributed by atoms with E-state index in [4.69, 9.17) is 4.74 Å². The third-order valence-electron chi connectivity index (χ3n) is 1.90. The van der Waals surface area contributed by atoms with Crippen molar-refractivity contribution in [2.45, 2.75) is 0 Å². The Hall–Kier alpha value is -2.11. The number of fused-ring (bicyclic) bond motifs is 1. The van der Waals surface area contributed by atoms with Gasteiger partial charge in [-0.2, -0.15) is 0 Å². The van der Waals surface area contributed by atoms with Crippen molar-refractivity contribution in [3.8, 4) is 11.5 Å². The number of rotatable bonds is 1. The van der Waals surface area contributed by atoms with Crippen LogP contribution in [0.4, 0.5) is 5.69 Å². The summed E-state index contributed by atoms with van der Waals surface area (Å²) in [7, 11) is 1.34. The van der Waals surface area contributed by atoms with Crippen LogP contribution in [-0.2, 0) is 4.84 Å². The molecule has 0 radical (unpaired) electrons. The normalized spacial score (nSPS) is 13.8. The summed E-state index contributed by atoms with van der Waals surface area (Å²) < 4.78 is 4.77. The number of aromatic hydroxyl groups is 1. The first-order valence-corrected chi connectivity index (χ1v) is 3.74. The number of phenolic OH excluding ortho intramolecular Hbond substituents is 1. The fourth-order valence-corrected chi connectivity index (χ4v) is 1.25. The fourth-order valence-electron chi connectivity index (χ4n) is 1.25. The van der Waals surface area contributed by atoms with E-state index in [1.165, 1.54) is 19.2 Å². The lowest BCUT2D eigenvalue weighted by molar-refractivity contribution is -0.706. The summed E-state index contributed by atoms with van der Waals surface area (Å²) in [4.78, 5) is 26.2. The zero-order valence-electron chi connectivity index (χ0n) is 7.18. The van der Waals surface area contributed by atoms with Crippen LogP contribution in [0.5, 0.6) is 11.5 Å². The molecule has 0 bridgehead atoms. The van der Waals surface area contributed by atoms with Crippen LogP contribution < -0.4 is 4.74 Å². The molecular weight excluding hydrogens is 190 g/mol. The van der Waals surface area contributed by atoms with Crippen LogP contribution in [-0.4, -0.2) is 23.1 Å². The van der Waals surface area contributed by atoms with E-state index in [2.05, 4.69) is 4.84 Å². The van der Waals surface area contributed by atoms with Crippen molar-refractivity contribution in [3.63, 3.8) is 0 Å². The SMILES string of the molecule is COc1ccc2c(c1O)[N+](=O)OC2=O. The maximum absolute atomic E-state index is 11.0. The van der Waals surface area contributed by atoms with E-state index < -0.39 is 11.7 Å². The van der Waals surface area contributed by atoms with Crippen molar-refractivity contribution in [1.82, 2.24) is 0 Å². The minimum Gasteiger partial charge on any atom is -0.499 e. The summed E-state index contributed by atoms with van der Waals surface area (Å²) >= 11 is 0. The van der Waals surface area contributed by atoms with E-state index in [0.717, 1.165) is 0 Å². The Bertz CT molecular complexity index is 440. The maximum atomic E-state index is 11.0. The lowest BCUT2D eigenvalue weighted by Gasteiger charge is -1.99. The molecule has 72 valence electrons. The molecule has 1 aromatic carbocycles. The van der Waals surface area contributed by atoms with Crippen LogP contribution in [0.25, 0.3) is 0 Å². The topological polar surface area (TPSA) is 75.8 Å². The van der Waals surface area contributed by atoms with Crippen molar-refractivity contribution < 1.29 is 24.4 Å². The standard InChI is InChI=1S/C8H5NO5/c1-13-5-3-2-4-6(7(5)10)9(12)14-8(4)11/h2-3H,1H3/p+1. The van der Waals surface area contributed by atoms with Crippen LogP contribution >= 0.6 is 0 Å². The Kier molecular flexibility index (Phi) is 1.63. The van der Waals surface area contributed by atoms with E-state index in [1.807, 2.05) is 0 Å². The van der Waals surface area contributed by atoms with E-state index in [1.54, 1.807) is 0 Å². The average Bonchev–Trinajstić information content (AvgIpc) is 2.44. The quantitative estimate of drug-likeness (QED) is 0.721. The van der Waals surface area contributed by atoms with Crippen LogP contribution in [0.2, 0.25) is 0 Å². The van der Waals surface area contributed by atoms with Crippen molar-refractivity contribution in [1.29, 1.82) is 0 Å². The molecule has 0 spiro atoms. The predicted octanol–water partition coefficient (Wildman–Crippen LogP) is 0.897. The number of nitrogens with zero attached hydrogens (tertiary/aromatic N) is 1. The van der Waals surface area contributed by atoms with Gasteiger partial charge in [-0.15, -0.1) is 4.84 Å². The third kappa shape index (κ3) is 0.936. The second-order valence-electron chi connectivity index (χ2n) is 2.65. The number of hydrogen-bond acceptors (Lipinski definition) is 5. The van der Waals surface area contributed by atoms with Gasteiger partial charge in [-0.05, 0) is 12.1 Å². The largest absolute Gasteiger partial charge is 0.499 e. The summed E-state index contributed by atoms with van der Waals surface area (Å²) in [6, 6.07) is 2.74. The second-order valence-corrected chi connectivity index (χ2v) is 2.65. The van der Waals surface area contributed by atoms with Gasteiger partial charge in [-0.3, -0.25) is 0 Å². The van der Waals surface area contributed by atoms with E-state index in [-0.39, 0.29) is 21.9 Å². The molecule has 0 aromatic heterocycles. The van der Waals surface area contributed by atoms with Gasteiger partial charge in [0.15, 0.2) is 11.3 Å². The van der Waals surface area contributed by atoms with Crippen LogP contribution in [0, 0.1) is 4.91 Å². The highest BCUT2D eigenvalue weighted by Crippen LogP contribution is 2.41. The van der Waals surface area contributed by atoms with Crippen molar-refractivity contribution in [2.24, 2.45) is 0 Å². The fraction of sp³-hybridized carbons (Fsp3) is 0.125. The Morgan fingerprint density at radius 2 is 2.21 bits per heavy atom. The van der Waals surface area contributed by atoms with Gasteiger partial charge in [0.25, 0.3) is 4.92 Å². The van der Waals surface area contributed by atoms with Gasteiger partial charge in [0, 0.05) is 0 Å². The second kappa shape index (κ2) is 2.69. The van der Waals surface area contributed by atoms with Gasteiger partial charge >= 0.3 is 11.7 Å². The molecule has 0 saturated heterocycles. The summed E-state index contributed by atoms with van der Waals surface area (Å²) in [6.07, 6.45) is 0. The number of hydrogen-bond donors (Lipinski definition) is 1. The molecule has 0 fully saturated rings. The summed E-state index contributed by atoms with van der Waals surface area (Å²) in [5, 5.41) is 9.50. The summed E-state index contributed by atoms with van der Waals surface area (Å²) in [5.41, 5.74) is -0.187. The molecule has 1 N–H and O–H groups in total. The molecule has 0 atom stereocenters. The summed E-state index contributed by atoms with van der Waals surface area (Å²) in [5.74, 6) is -1.07.